The summed E-state index contributed by atoms with van der Waals surface area (Å²) in [5.74, 6) is -0.713. The molecule has 0 saturated heterocycles. The molecular weight excluding hydrogens is 585 g/mol. The van der Waals surface area contributed by atoms with Crippen molar-refractivity contribution >= 4 is 50.7 Å². The zero-order chi connectivity index (χ0) is 30.4. The Kier molecular flexibility index (Phi) is 10.7. The van der Waals surface area contributed by atoms with E-state index in [1.807, 2.05) is 20.8 Å². The van der Waals surface area contributed by atoms with Crippen molar-refractivity contribution in [3.8, 4) is 5.75 Å². The second-order valence-electron chi connectivity index (χ2n) is 10.4. The lowest BCUT2D eigenvalue weighted by Crippen LogP contribution is -2.54. The molecule has 41 heavy (non-hydrogen) atoms. The molecule has 8 nitrogen and oxygen atoms in total. The van der Waals surface area contributed by atoms with Gasteiger partial charge in [0.05, 0.1) is 17.2 Å². The fourth-order valence-electron chi connectivity index (χ4n) is 4.06. The molecule has 0 aromatic heterocycles. The van der Waals surface area contributed by atoms with Crippen LogP contribution in [-0.2, 0) is 26.2 Å². The van der Waals surface area contributed by atoms with E-state index in [0.717, 1.165) is 4.31 Å². The molecule has 3 aromatic carbocycles. The van der Waals surface area contributed by atoms with Crippen LogP contribution in [0.5, 0.6) is 5.75 Å². The van der Waals surface area contributed by atoms with Crippen LogP contribution in [0.25, 0.3) is 0 Å². The minimum absolute atomic E-state index is 0.00456. The average Bonchev–Trinajstić information content (AvgIpc) is 2.91. The van der Waals surface area contributed by atoms with Gasteiger partial charge in [-0.1, -0.05) is 59.6 Å². The maximum Gasteiger partial charge on any atom is 0.264 e. The second-order valence-corrected chi connectivity index (χ2v) is 13.1. The lowest BCUT2D eigenvalue weighted by molar-refractivity contribution is -0.140. The van der Waals surface area contributed by atoms with E-state index in [0.29, 0.717) is 21.4 Å². The smallest absolute Gasteiger partial charge is 0.264 e. The molecular formula is C30H35Cl2N3O5S. The minimum atomic E-state index is -4.22. The topological polar surface area (TPSA) is 96.0 Å². The van der Waals surface area contributed by atoms with Crippen LogP contribution in [0.3, 0.4) is 0 Å². The maximum atomic E-state index is 14.1. The van der Waals surface area contributed by atoms with Crippen LogP contribution < -0.4 is 14.4 Å². The molecule has 0 spiro atoms. The Morgan fingerprint density at radius 2 is 1.61 bits per heavy atom. The van der Waals surface area contributed by atoms with E-state index in [2.05, 4.69) is 5.32 Å². The minimum Gasteiger partial charge on any atom is -0.492 e. The van der Waals surface area contributed by atoms with Crippen LogP contribution >= 0.6 is 23.2 Å². The SMILES string of the molecule is CCOc1ccccc1N(CC(=O)N(Cc1ccc(Cl)cc1Cl)[C@@H](C)C(=O)NC(C)(C)C)S(=O)(=O)c1ccccc1. The van der Waals surface area contributed by atoms with Gasteiger partial charge in [-0.15, -0.1) is 0 Å². The third-order valence-electron chi connectivity index (χ3n) is 6.07. The Labute approximate surface area is 252 Å². The number of para-hydroxylation sites is 2. The fourth-order valence-corrected chi connectivity index (χ4v) is 5.98. The fraction of sp³-hybridized carbons (Fsp3) is 0.333. The van der Waals surface area contributed by atoms with E-state index < -0.39 is 40.0 Å². The summed E-state index contributed by atoms with van der Waals surface area (Å²) in [4.78, 5) is 28.7. The molecule has 0 aliphatic carbocycles. The number of amides is 2. The first-order chi connectivity index (χ1) is 19.2. The summed E-state index contributed by atoms with van der Waals surface area (Å²) in [6.07, 6.45) is 0. The van der Waals surface area contributed by atoms with E-state index in [9.17, 15) is 18.0 Å². The molecule has 0 saturated carbocycles. The highest BCUT2D eigenvalue weighted by Gasteiger charge is 2.34. The number of hydrogen-bond acceptors (Lipinski definition) is 5. The summed E-state index contributed by atoms with van der Waals surface area (Å²) in [5, 5.41) is 3.63. The first kappa shape index (κ1) is 32.2. The van der Waals surface area contributed by atoms with E-state index in [1.165, 1.54) is 17.0 Å². The zero-order valence-electron chi connectivity index (χ0n) is 23.7. The number of rotatable bonds is 11. The molecule has 11 heteroatoms. The van der Waals surface area contributed by atoms with Gasteiger partial charge in [-0.2, -0.15) is 0 Å². The first-order valence-electron chi connectivity index (χ1n) is 13.1. The molecule has 220 valence electrons. The monoisotopic (exact) mass is 619 g/mol. The number of ether oxygens (including phenoxy) is 1. The highest BCUT2D eigenvalue weighted by molar-refractivity contribution is 7.92. The summed E-state index contributed by atoms with van der Waals surface area (Å²) >= 11 is 12.5. The van der Waals surface area contributed by atoms with E-state index in [1.54, 1.807) is 74.5 Å². The van der Waals surface area contributed by atoms with Crippen molar-refractivity contribution in [3.05, 3.63) is 88.4 Å². The number of carbonyl (C=O) groups is 2. The van der Waals surface area contributed by atoms with Gasteiger partial charge < -0.3 is 15.0 Å². The van der Waals surface area contributed by atoms with Gasteiger partial charge in [0.25, 0.3) is 10.0 Å². The molecule has 3 aromatic rings. The van der Waals surface area contributed by atoms with Crippen molar-refractivity contribution in [2.24, 2.45) is 0 Å². The molecule has 0 aliphatic heterocycles. The van der Waals surface area contributed by atoms with Crippen molar-refractivity contribution in [2.45, 2.75) is 57.6 Å². The highest BCUT2D eigenvalue weighted by Crippen LogP contribution is 2.33. The quantitative estimate of drug-likeness (QED) is 0.287. The molecule has 0 bridgehead atoms. The van der Waals surface area contributed by atoms with Gasteiger partial charge in [0.2, 0.25) is 11.8 Å². The van der Waals surface area contributed by atoms with Crippen LogP contribution in [0, 0.1) is 0 Å². The number of nitrogens with zero attached hydrogens (tertiary/aromatic N) is 2. The van der Waals surface area contributed by atoms with Gasteiger partial charge in [-0.25, -0.2) is 8.42 Å². The predicted molar refractivity (Wildman–Crippen MR) is 163 cm³/mol. The van der Waals surface area contributed by atoms with Crippen molar-refractivity contribution < 1.29 is 22.7 Å². The van der Waals surface area contributed by atoms with Gasteiger partial charge >= 0.3 is 0 Å². The average molecular weight is 621 g/mol. The van der Waals surface area contributed by atoms with Crippen molar-refractivity contribution in [3.63, 3.8) is 0 Å². The Morgan fingerprint density at radius 3 is 2.22 bits per heavy atom. The predicted octanol–water partition coefficient (Wildman–Crippen LogP) is 5.92. The number of anilines is 1. The molecule has 3 rings (SSSR count). The highest BCUT2D eigenvalue weighted by atomic mass is 35.5. The number of sulfonamides is 1. The Bertz CT molecular complexity index is 1480. The molecule has 1 atom stereocenters. The number of nitrogens with one attached hydrogen (secondary N) is 1. The summed E-state index contributed by atoms with van der Waals surface area (Å²) in [6, 6.07) is 18.3. The van der Waals surface area contributed by atoms with E-state index in [4.69, 9.17) is 27.9 Å². The number of hydrogen-bond donors (Lipinski definition) is 1. The van der Waals surface area contributed by atoms with Gasteiger partial charge in [-0.3, -0.25) is 13.9 Å². The molecule has 0 unspecified atom stereocenters. The number of carbonyl (C=O) groups excluding carboxylic acids is 2. The van der Waals surface area contributed by atoms with Crippen molar-refractivity contribution in [1.82, 2.24) is 10.2 Å². The third kappa shape index (κ3) is 8.38. The van der Waals surface area contributed by atoms with Crippen LogP contribution in [0.15, 0.2) is 77.7 Å². The third-order valence-corrected chi connectivity index (χ3v) is 8.43. The lowest BCUT2D eigenvalue weighted by atomic mass is 10.1. The number of benzene rings is 3. The van der Waals surface area contributed by atoms with E-state index in [-0.39, 0.29) is 23.7 Å². The van der Waals surface area contributed by atoms with Gasteiger partial charge in [0.1, 0.15) is 18.3 Å². The second kappa shape index (κ2) is 13.6. The molecule has 2 amide bonds. The Balaban J connectivity index is 2.10. The standard InChI is InChI=1S/C30H35Cl2N3O5S/c1-6-40-27-15-11-10-14-26(27)35(41(38,39)24-12-8-7-9-13-24)20-28(36)34(21(2)29(37)33-30(3,4)5)19-22-16-17-23(31)18-25(22)32/h7-18,21H,6,19-20H2,1-5H3,(H,33,37)/t21-/m0/s1. The molecule has 1 N–H and O–H groups in total. The molecule has 0 aliphatic rings. The van der Waals surface area contributed by atoms with Crippen LogP contribution in [0.1, 0.15) is 40.2 Å². The Morgan fingerprint density at radius 1 is 0.976 bits per heavy atom. The van der Waals surface area contributed by atoms with Crippen LogP contribution in [0.4, 0.5) is 5.69 Å². The Hall–Kier alpha value is -3.27. The van der Waals surface area contributed by atoms with Gasteiger partial charge in [-0.05, 0) is 76.6 Å². The molecule has 0 fully saturated rings. The van der Waals surface area contributed by atoms with Gasteiger partial charge in [0, 0.05) is 22.1 Å². The molecule has 0 heterocycles. The van der Waals surface area contributed by atoms with Crippen molar-refractivity contribution in [1.29, 1.82) is 0 Å². The van der Waals surface area contributed by atoms with Crippen LogP contribution in [-0.4, -0.2) is 49.9 Å². The summed E-state index contributed by atoms with van der Waals surface area (Å²) in [5.41, 5.74) is 0.187. The summed E-state index contributed by atoms with van der Waals surface area (Å²) in [6.45, 7) is 8.50. The molecule has 0 radical (unpaired) electrons. The first-order valence-corrected chi connectivity index (χ1v) is 15.3. The number of halogens is 2. The summed E-state index contributed by atoms with van der Waals surface area (Å²) in [7, 11) is -4.22. The lowest BCUT2D eigenvalue weighted by Gasteiger charge is -2.34. The summed E-state index contributed by atoms with van der Waals surface area (Å²) < 4.78 is 34.7. The normalized spacial score (nSPS) is 12.4. The maximum absolute atomic E-state index is 14.1. The van der Waals surface area contributed by atoms with E-state index >= 15 is 0 Å². The van der Waals surface area contributed by atoms with Crippen LogP contribution in [0.2, 0.25) is 10.0 Å². The zero-order valence-corrected chi connectivity index (χ0v) is 26.1. The van der Waals surface area contributed by atoms with Crippen molar-refractivity contribution in [2.75, 3.05) is 17.5 Å². The van der Waals surface area contributed by atoms with Gasteiger partial charge in [0.15, 0.2) is 0 Å². The largest absolute Gasteiger partial charge is 0.492 e.